The first-order chi connectivity index (χ1) is 14.6. The molecule has 0 aliphatic carbocycles. The second kappa shape index (κ2) is 7.39. The predicted molar refractivity (Wildman–Crippen MR) is 124 cm³/mol. The third-order valence-corrected chi connectivity index (χ3v) is 6.28. The Morgan fingerprint density at radius 1 is 0.933 bits per heavy atom. The molecule has 0 amide bonds. The van der Waals surface area contributed by atoms with E-state index in [1.54, 1.807) is 17.1 Å². The first kappa shape index (κ1) is 18.5. The zero-order valence-corrected chi connectivity index (χ0v) is 17.6. The number of hydrogen-bond donors (Lipinski definition) is 0. The molecule has 0 aliphatic heterocycles. The smallest absolute Gasteiger partial charge is 0.275 e. The summed E-state index contributed by atoms with van der Waals surface area (Å²) in [6.45, 7) is 0. The van der Waals surface area contributed by atoms with Crippen LogP contribution in [0.15, 0.2) is 78.0 Å². The van der Waals surface area contributed by atoms with Crippen LogP contribution in [-0.4, -0.2) is 28.6 Å². The largest absolute Gasteiger partial charge is 0.377 e. The van der Waals surface area contributed by atoms with Crippen LogP contribution in [0.3, 0.4) is 0 Å². The minimum Gasteiger partial charge on any atom is -0.377 e. The van der Waals surface area contributed by atoms with Crippen molar-refractivity contribution in [2.24, 2.45) is 0 Å². The minimum absolute atomic E-state index is 0.0662. The predicted octanol–water partition coefficient (Wildman–Crippen LogP) is 4.65. The summed E-state index contributed by atoms with van der Waals surface area (Å²) in [5.41, 5.74) is 4.94. The lowest BCUT2D eigenvalue weighted by molar-refractivity contribution is 0.965. The molecule has 0 saturated heterocycles. The summed E-state index contributed by atoms with van der Waals surface area (Å²) in [6.07, 6.45) is 4.26. The summed E-state index contributed by atoms with van der Waals surface area (Å²) in [4.78, 5) is 25.2. The number of hydrogen-bond acceptors (Lipinski definition) is 5. The Kier molecular flexibility index (Phi) is 4.56. The molecule has 30 heavy (non-hydrogen) atoms. The minimum atomic E-state index is -0.0662. The van der Waals surface area contributed by atoms with E-state index in [-0.39, 0.29) is 5.56 Å². The highest BCUT2D eigenvalue weighted by atomic mass is 32.1. The molecular weight excluding hydrogens is 392 g/mol. The number of benzene rings is 2. The lowest BCUT2D eigenvalue weighted by Gasteiger charge is -2.13. The number of anilines is 1. The first-order valence-corrected chi connectivity index (χ1v) is 10.5. The third-order valence-electron chi connectivity index (χ3n) is 5.21. The molecule has 0 unspecified atom stereocenters. The van der Waals surface area contributed by atoms with Gasteiger partial charge in [0.1, 0.15) is 15.9 Å². The molecule has 3 aromatic heterocycles. The molecule has 3 heterocycles. The van der Waals surface area contributed by atoms with Gasteiger partial charge in [-0.2, -0.15) is 0 Å². The van der Waals surface area contributed by atoms with Gasteiger partial charge in [0.05, 0.1) is 22.3 Å². The van der Waals surface area contributed by atoms with E-state index in [9.17, 15) is 4.79 Å². The van der Waals surface area contributed by atoms with Gasteiger partial charge in [-0.15, -0.1) is 11.3 Å². The summed E-state index contributed by atoms with van der Waals surface area (Å²) in [5.74, 6) is 0. The number of aromatic nitrogens is 3. The molecule has 0 saturated carbocycles. The molecule has 0 spiro atoms. The number of nitrogens with zero attached hydrogens (tertiary/aromatic N) is 4. The van der Waals surface area contributed by atoms with Crippen LogP contribution in [0.25, 0.3) is 26.1 Å². The van der Waals surface area contributed by atoms with Crippen LogP contribution in [0.5, 0.6) is 0 Å². The van der Waals surface area contributed by atoms with Gasteiger partial charge >= 0.3 is 0 Å². The molecule has 0 radical (unpaired) electrons. The standard InChI is InChI=1S/C24H20N4OS/c1-27(2)19-12-13-25-23-20(19)21-22(30-23)24(29)28(15-26-21)18-10-8-17(9-11-18)14-16-6-4-3-5-7-16/h3-13,15H,14H2,1-2H3. The highest BCUT2D eigenvalue weighted by Crippen LogP contribution is 2.35. The van der Waals surface area contributed by atoms with E-state index in [4.69, 9.17) is 0 Å². The highest BCUT2D eigenvalue weighted by molar-refractivity contribution is 7.25. The van der Waals surface area contributed by atoms with Gasteiger partial charge in [-0.1, -0.05) is 42.5 Å². The number of fused-ring (bicyclic) bond motifs is 3. The Balaban J connectivity index is 1.56. The summed E-state index contributed by atoms with van der Waals surface area (Å²) < 4.78 is 2.24. The lowest BCUT2D eigenvalue weighted by Crippen LogP contribution is -2.17. The van der Waals surface area contributed by atoms with Crippen LogP contribution in [0.4, 0.5) is 5.69 Å². The Morgan fingerprint density at radius 3 is 2.40 bits per heavy atom. The van der Waals surface area contributed by atoms with E-state index in [0.29, 0.717) is 10.2 Å². The molecule has 2 aromatic carbocycles. The van der Waals surface area contributed by atoms with Crippen molar-refractivity contribution in [3.8, 4) is 5.69 Å². The van der Waals surface area contributed by atoms with Crippen molar-refractivity contribution in [3.05, 3.63) is 94.7 Å². The molecule has 0 atom stereocenters. The number of rotatable bonds is 4. The van der Waals surface area contributed by atoms with Crippen molar-refractivity contribution in [3.63, 3.8) is 0 Å². The summed E-state index contributed by atoms with van der Waals surface area (Å²) >= 11 is 1.40. The van der Waals surface area contributed by atoms with Crippen molar-refractivity contribution in [1.82, 2.24) is 14.5 Å². The van der Waals surface area contributed by atoms with Crippen LogP contribution in [0, 0.1) is 0 Å². The molecule has 0 aliphatic rings. The van der Waals surface area contributed by atoms with Gasteiger partial charge in [-0.3, -0.25) is 9.36 Å². The number of pyridine rings is 1. The molecular formula is C24H20N4OS. The van der Waals surface area contributed by atoms with Gasteiger partial charge in [-0.05, 0) is 35.7 Å². The van der Waals surface area contributed by atoms with E-state index in [2.05, 4.69) is 34.2 Å². The van der Waals surface area contributed by atoms with Crippen LogP contribution < -0.4 is 10.5 Å². The lowest BCUT2D eigenvalue weighted by atomic mass is 10.0. The van der Waals surface area contributed by atoms with E-state index in [1.807, 2.05) is 55.4 Å². The molecule has 0 bridgehead atoms. The maximum atomic E-state index is 13.2. The topological polar surface area (TPSA) is 51.0 Å². The van der Waals surface area contributed by atoms with Gasteiger partial charge in [-0.25, -0.2) is 9.97 Å². The van der Waals surface area contributed by atoms with Crippen molar-refractivity contribution in [2.75, 3.05) is 19.0 Å². The van der Waals surface area contributed by atoms with E-state index < -0.39 is 0 Å². The average molecular weight is 413 g/mol. The third kappa shape index (κ3) is 3.15. The maximum Gasteiger partial charge on any atom is 0.275 e. The summed E-state index contributed by atoms with van der Waals surface area (Å²) in [7, 11) is 3.97. The van der Waals surface area contributed by atoms with Crippen molar-refractivity contribution >= 4 is 37.5 Å². The molecule has 5 nitrogen and oxygen atoms in total. The molecule has 0 N–H and O–H groups in total. The van der Waals surface area contributed by atoms with Crippen molar-refractivity contribution in [2.45, 2.75) is 6.42 Å². The molecule has 148 valence electrons. The fourth-order valence-electron chi connectivity index (χ4n) is 3.70. The molecule has 5 aromatic rings. The summed E-state index contributed by atoms with van der Waals surface area (Å²) in [6, 6.07) is 20.4. The van der Waals surface area contributed by atoms with E-state index in [1.165, 1.54) is 22.5 Å². The van der Waals surface area contributed by atoms with Gasteiger partial charge in [0.15, 0.2) is 0 Å². The Morgan fingerprint density at radius 2 is 1.67 bits per heavy atom. The van der Waals surface area contributed by atoms with Crippen LogP contribution in [0.1, 0.15) is 11.1 Å². The van der Waals surface area contributed by atoms with E-state index in [0.717, 1.165) is 28.0 Å². The SMILES string of the molecule is CN(C)c1ccnc2sc3c(=O)n(-c4ccc(Cc5ccccc5)cc4)cnc3c12. The van der Waals surface area contributed by atoms with E-state index >= 15 is 0 Å². The normalized spacial score (nSPS) is 11.3. The quantitative estimate of drug-likeness (QED) is 0.431. The zero-order chi connectivity index (χ0) is 20.7. The second-order valence-electron chi connectivity index (χ2n) is 7.43. The zero-order valence-electron chi connectivity index (χ0n) is 16.7. The maximum absolute atomic E-state index is 13.2. The van der Waals surface area contributed by atoms with Gasteiger partial charge in [0, 0.05) is 20.3 Å². The Labute approximate surface area is 177 Å². The first-order valence-electron chi connectivity index (χ1n) is 9.71. The van der Waals surface area contributed by atoms with Gasteiger partial charge in [0.2, 0.25) is 0 Å². The van der Waals surface area contributed by atoms with Crippen LogP contribution in [0.2, 0.25) is 0 Å². The van der Waals surface area contributed by atoms with Crippen LogP contribution >= 0.6 is 11.3 Å². The summed E-state index contributed by atoms with van der Waals surface area (Å²) in [5, 5.41) is 0.935. The average Bonchev–Trinajstić information content (AvgIpc) is 3.15. The van der Waals surface area contributed by atoms with Crippen molar-refractivity contribution < 1.29 is 0 Å². The van der Waals surface area contributed by atoms with Gasteiger partial charge in [0.25, 0.3) is 5.56 Å². The fourth-order valence-corrected chi connectivity index (χ4v) is 4.75. The monoisotopic (exact) mass is 412 g/mol. The second-order valence-corrected chi connectivity index (χ2v) is 8.43. The van der Waals surface area contributed by atoms with Crippen LogP contribution in [-0.2, 0) is 6.42 Å². The van der Waals surface area contributed by atoms with Crippen molar-refractivity contribution in [1.29, 1.82) is 0 Å². The van der Waals surface area contributed by atoms with Gasteiger partial charge < -0.3 is 4.90 Å². The Bertz CT molecular complexity index is 1400. The molecule has 0 fully saturated rings. The molecule has 5 rings (SSSR count). The molecule has 6 heteroatoms. The number of thiophene rings is 1. The fraction of sp³-hybridized carbons (Fsp3) is 0.125. The highest BCUT2D eigenvalue weighted by Gasteiger charge is 2.16. The Hall–Kier alpha value is -3.51.